The molecule has 2 heterocycles. The second-order valence-corrected chi connectivity index (χ2v) is 7.88. The zero-order valence-corrected chi connectivity index (χ0v) is 17.6. The topological polar surface area (TPSA) is 45.6 Å². The van der Waals surface area contributed by atoms with Gasteiger partial charge in [0.05, 0.1) is 12.5 Å². The number of Topliss-reactive ketones (excluding diaryl/α,β-unsaturated/α-hetero) is 1. The molecule has 5 nitrogen and oxygen atoms in total. The van der Waals surface area contributed by atoms with Gasteiger partial charge in [0.25, 0.3) is 0 Å². The van der Waals surface area contributed by atoms with E-state index in [2.05, 4.69) is 4.90 Å². The third-order valence-corrected chi connectivity index (χ3v) is 5.86. The molecule has 1 aromatic heterocycles. The summed E-state index contributed by atoms with van der Waals surface area (Å²) in [7, 11) is 0. The summed E-state index contributed by atoms with van der Waals surface area (Å²) >= 11 is 0. The van der Waals surface area contributed by atoms with Crippen molar-refractivity contribution in [3.05, 3.63) is 90.0 Å². The molecule has 0 radical (unpaired) electrons. The van der Waals surface area contributed by atoms with Crippen molar-refractivity contribution in [1.82, 2.24) is 9.47 Å². The number of halogens is 1. The van der Waals surface area contributed by atoms with Gasteiger partial charge in [-0.05, 0) is 61.0 Å². The molecule has 1 aliphatic heterocycles. The Bertz CT molecular complexity index is 1040. The van der Waals surface area contributed by atoms with Crippen LogP contribution in [0.4, 0.5) is 10.1 Å². The van der Waals surface area contributed by atoms with Gasteiger partial charge in [0, 0.05) is 49.8 Å². The molecule has 6 heteroatoms. The number of piperazine rings is 1. The first-order valence-electron chi connectivity index (χ1n) is 10.5. The van der Waals surface area contributed by atoms with E-state index in [4.69, 9.17) is 0 Å². The minimum absolute atomic E-state index is 0.0532. The van der Waals surface area contributed by atoms with Crippen LogP contribution in [0.5, 0.6) is 0 Å². The van der Waals surface area contributed by atoms with E-state index in [9.17, 15) is 14.0 Å². The normalized spacial score (nSPS) is 15.0. The summed E-state index contributed by atoms with van der Waals surface area (Å²) in [6, 6.07) is 17.6. The number of aromatic nitrogens is 1. The van der Waals surface area contributed by atoms with Gasteiger partial charge in [-0.15, -0.1) is 0 Å². The van der Waals surface area contributed by atoms with E-state index in [0.717, 1.165) is 24.3 Å². The minimum Gasteiger partial charge on any atom is -0.368 e. The van der Waals surface area contributed by atoms with Crippen molar-refractivity contribution in [2.24, 2.45) is 0 Å². The molecule has 31 heavy (non-hydrogen) atoms. The summed E-state index contributed by atoms with van der Waals surface area (Å²) in [5, 5.41) is 0. The third-order valence-electron chi connectivity index (χ3n) is 5.86. The fraction of sp³-hybridized carbons (Fsp3) is 0.280. The highest BCUT2D eigenvalue weighted by atomic mass is 19.1. The maximum atomic E-state index is 13.8. The van der Waals surface area contributed by atoms with Crippen LogP contribution in [0.2, 0.25) is 0 Å². The summed E-state index contributed by atoms with van der Waals surface area (Å²) < 4.78 is 15.8. The monoisotopic (exact) mass is 419 g/mol. The largest absolute Gasteiger partial charge is 0.368 e. The van der Waals surface area contributed by atoms with Crippen LogP contribution in [0.1, 0.15) is 35.3 Å². The molecule has 1 unspecified atom stereocenters. The highest BCUT2D eigenvalue weighted by molar-refractivity contribution is 5.94. The number of carbonyl (C=O) groups excluding carboxylic acids is 2. The molecule has 3 aromatic rings. The summed E-state index contributed by atoms with van der Waals surface area (Å²) in [5.41, 5.74) is 2.54. The van der Waals surface area contributed by atoms with Gasteiger partial charge in [-0.3, -0.25) is 9.59 Å². The molecule has 0 aliphatic carbocycles. The number of hydrogen-bond acceptors (Lipinski definition) is 3. The molecule has 1 atom stereocenters. The number of nitrogens with zero attached hydrogens (tertiary/aromatic N) is 3. The Kier molecular flexibility index (Phi) is 6.16. The molecule has 0 spiro atoms. The van der Waals surface area contributed by atoms with E-state index in [0.29, 0.717) is 18.7 Å². The van der Waals surface area contributed by atoms with Crippen LogP contribution in [-0.4, -0.2) is 47.3 Å². The van der Waals surface area contributed by atoms with Gasteiger partial charge in [0.15, 0.2) is 5.78 Å². The summed E-state index contributed by atoms with van der Waals surface area (Å²) in [5.74, 6) is -0.182. The first kappa shape index (κ1) is 20.8. The highest BCUT2D eigenvalue weighted by Gasteiger charge is 2.25. The Labute approximate surface area is 181 Å². The quantitative estimate of drug-likeness (QED) is 0.564. The summed E-state index contributed by atoms with van der Waals surface area (Å²) in [6.45, 7) is 4.30. The van der Waals surface area contributed by atoms with Crippen molar-refractivity contribution in [2.75, 3.05) is 31.1 Å². The fourth-order valence-electron chi connectivity index (χ4n) is 4.08. The average Bonchev–Trinajstić information content (AvgIpc) is 3.32. The molecular formula is C25H26FN3O2. The van der Waals surface area contributed by atoms with Crippen molar-refractivity contribution in [2.45, 2.75) is 19.4 Å². The molecule has 4 rings (SSSR count). The van der Waals surface area contributed by atoms with E-state index < -0.39 is 0 Å². The van der Waals surface area contributed by atoms with E-state index in [1.807, 2.05) is 64.3 Å². The second-order valence-electron chi connectivity index (χ2n) is 7.88. The lowest BCUT2D eigenvalue weighted by atomic mass is 10.0. The molecule has 160 valence electrons. The predicted molar refractivity (Wildman–Crippen MR) is 119 cm³/mol. The first-order valence-corrected chi connectivity index (χ1v) is 10.5. The zero-order valence-electron chi connectivity index (χ0n) is 17.6. The summed E-state index contributed by atoms with van der Waals surface area (Å²) in [6.07, 6.45) is 4.10. The lowest BCUT2D eigenvalue weighted by Gasteiger charge is -2.37. The van der Waals surface area contributed by atoms with E-state index in [1.165, 1.54) is 12.1 Å². The molecular weight excluding hydrogens is 393 g/mol. The molecule has 0 bridgehead atoms. The minimum atomic E-state index is -0.300. The van der Waals surface area contributed by atoms with Crippen LogP contribution in [0, 0.1) is 5.82 Å². The second kappa shape index (κ2) is 9.16. The predicted octanol–water partition coefficient (Wildman–Crippen LogP) is 4.16. The van der Waals surface area contributed by atoms with Crippen molar-refractivity contribution >= 4 is 17.4 Å². The first-order chi connectivity index (χ1) is 15.0. The van der Waals surface area contributed by atoms with Crippen LogP contribution in [0.15, 0.2) is 73.1 Å². The summed E-state index contributed by atoms with van der Waals surface area (Å²) in [4.78, 5) is 28.7. The Morgan fingerprint density at radius 3 is 2.23 bits per heavy atom. The van der Waals surface area contributed by atoms with Crippen LogP contribution >= 0.6 is 0 Å². The molecule has 1 fully saturated rings. The van der Waals surface area contributed by atoms with E-state index in [-0.39, 0.29) is 30.0 Å². The maximum Gasteiger partial charge on any atom is 0.225 e. The van der Waals surface area contributed by atoms with Crippen LogP contribution in [0.25, 0.3) is 0 Å². The van der Waals surface area contributed by atoms with E-state index >= 15 is 0 Å². The molecule has 1 saturated heterocycles. The number of carbonyl (C=O) groups is 2. The molecule has 1 aliphatic rings. The smallest absolute Gasteiger partial charge is 0.225 e. The average molecular weight is 420 g/mol. The van der Waals surface area contributed by atoms with E-state index in [1.54, 1.807) is 13.0 Å². The third kappa shape index (κ3) is 4.85. The van der Waals surface area contributed by atoms with Crippen LogP contribution < -0.4 is 4.90 Å². The van der Waals surface area contributed by atoms with Gasteiger partial charge in [-0.2, -0.15) is 0 Å². The Balaban J connectivity index is 1.41. The number of rotatable bonds is 6. The van der Waals surface area contributed by atoms with Gasteiger partial charge >= 0.3 is 0 Å². The van der Waals surface area contributed by atoms with Crippen molar-refractivity contribution in [3.63, 3.8) is 0 Å². The van der Waals surface area contributed by atoms with Crippen molar-refractivity contribution in [3.8, 4) is 0 Å². The lowest BCUT2D eigenvalue weighted by Crippen LogP contribution is -2.49. The zero-order chi connectivity index (χ0) is 21.8. The standard InChI is InChI=1S/C25H26FN3O2/c1-19(30)20-7-9-23(10-8-20)27-13-15-29(16-14-27)25(31)18-24(28-11-2-3-12-28)21-5-4-6-22(26)17-21/h2-12,17,24H,13-16,18H2,1H3. The Hall–Kier alpha value is -3.41. The lowest BCUT2D eigenvalue weighted by molar-refractivity contribution is -0.132. The van der Waals surface area contributed by atoms with Gasteiger partial charge in [0.2, 0.25) is 5.91 Å². The number of ketones is 1. The molecule has 0 saturated carbocycles. The van der Waals surface area contributed by atoms with Crippen molar-refractivity contribution in [1.29, 1.82) is 0 Å². The van der Waals surface area contributed by atoms with Gasteiger partial charge in [0.1, 0.15) is 5.82 Å². The van der Waals surface area contributed by atoms with Crippen molar-refractivity contribution < 1.29 is 14.0 Å². The fourth-order valence-corrected chi connectivity index (χ4v) is 4.08. The van der Waals surface area contributed by atoms with Gasteiger partial charge in [-0.1, -0.05) is 12.1 Å². The van der Waals surface area contributed by atoms with Crippen LogP contribution in [-0.2, 0) is 4.79 Å². The Morgan fingerprint density at radius 1 is 0.935 bits per heavy atom. The highest BCUT2D eigenvalue weighted by Crippen LogP contribution is 2.25. The number of hydrogen-bond donors (Lipinski definition) is 0. The SMILES string of the molecule is CC(=O)c1ccc(N2CCN(C(=O)CC(c3cccc(F)c3)n3cccc3)CC2)cc1. The number of amides is 1. The Morgan fingerprint density at radius 2 is 1.61 bits per heavy atom. The number of benzene rings is 2. The molecule has 1 amide bonds. The number of anilines is 1. The van der Waals surface area contributed by atoms with Gasteiger partial charge in [-0.25, -0.2) is 4.39 Å². The molecule has 2 aromatic carbocycles. The van der Waals surface area contributed by atoms with Crippen LogP contribution in [0.3, 0.4) is 0 Å². The maximum absolute atomic E-state index is 13.8. The molecule has 0 N–H and O–H groups in total. The van der Waals surface area contributed by atoms with Gasteiger partial charge < -0.3 is 14.4 Å².